The maximum Gasteiger partial charge on any atom is 0.220 e. The third-order valence-electron chi connectivity index (χ3n) is 3.20. The largest absolute Gasteiger partial charge is 0.353 e. The highest BCUT2D eigenvalue weighted by molar-refractivity contribution is 5.76. The van der Waals surface area contributed by atoms with Gasteiger partial charge in [0.2, 0.25) is 5.91 Å². The first kappa shape index (κ1) is 16.4. The van der Waals surface area contributed by atoms with Gasteiger partial charge in [0.15, 0.2) is 0 Å². The molecule has 0 fully saturated rings. The smallest absolute Gasteiger partial charge is 0.220 e. The van der Waals surface area contributed by atoms with E-state index in [2.05, 4.69) is 39.9 Å². The molecule has 1 amide bonds. The maximum absolute atomic E-state index is 11.9. The number of carbonyl (C=O) groups is 1. The lowest BCUT2D eigenvalue weighted by Crippen LogP contribution is -2.39. The highest BCUT2D eigenvalue weighted by Gasteiger charge is 2.18. The predicted molar refractivity (Wildman–Crippen MR) is 73.7 cm³/mol. The molecule has 3 nitrogen and oxygen atoms in total. The zero-order chi connectivity index (χ0) is 13.4. The van der Waals surface area contributed by atoms with Crippen LogP contribution in [0, 0.1) is 17.8 Å². The normalized spacial score (nSPS) is 15.1. The lowest BCUT2D eigenvalue weighted by Gasteiger charge is -2.23. The summed E-state index contributed by atoms with van der Waals surface area (Å²) in [4.78, 5) is 11.9. The summed E-state index contributed by atoms with van der Waals surface area (Å²) < 4.78 is 0. The molecule has 1 unspecified atom stereocenters. The van der Waals surface area contributed by atoms with Crippen LogP contribution in [0.1, 0.15) is 53.9 Å². The average molecular weight is 242 g/mol. The van der Waals surface area contributed by atoms with Crippen LogP contribution in [-0.2, 0) is 4.79 Å². The van der Waals surface area contributed by atoms with Crippen LogP contribution in [0.2, 0.25) is 0 Å². The summed E-state index contributed by atoms with van der Waals surface area (Å²) >= 11 is 0. The molecule has 0 aliphatic heterocycles. The molecular formula is C14H30N2O. The van der Waals surface area contributed by atoms with Gasteiger partial charge >= 0.3 is 0 Å². The first-order chi connectivity index (χ1) is 7.90. The number of carbonyl (C=O) groups excluding carboxylic acids is 1. The van der Waals surface area contributed by atoms with Crippen LogP contribution in [0.5, 0.6) is 0 Å². The van der Waals surface area contributed by atoms with Gasteiger partial charge in [-0.25, -0.2) is 0 Å². The maximum atomic E-state index is 11.9. The molecular weight excluding hydrogens is 212 g/mol. The Morgan fingerprint density at radius 2 is 1.82 bits per heavy atom. The van der Waals surface area contributed by atoms with Crippen molar-refractivity contribution in [2.75, 3.05) is 6.54 Å². The van der Waals surface area contributed by atoms with Crippen LogP contribution < -0.4 is 11.1 Å². The molecule has 17 heavy (non-hydrogen) atoms. The van der Waals surface area contributed by atoms with Gasteiger partial charge in [0, 0.05) is 12.5 Å². The topological polar surface area (TPSA) is 55.1 Å². The molecule has 0 aromatic carbocycles. The lowest BCUT2D eigenvalue weighted by atomic mass is 9.93. The molecule has 0 saturated carbocycles. The lowest BCUT2D eigenvalue weighted by molar-refractivity contribution is -0.123. The fraction of sp³-hybridized carbons (Fsp3) is 0.929. The van der Waals surface area contributed by atoms with E-state index in [1.165, 1.54) is 0 Å². The van der Waals surface area contributed by atoms with Crippen molar-refractivity contribution in [1.29, 1.82) is 0 Å². The minimum atomic E-state index is 0.154. The van der Waals surface area contributed by atoms with Crippen LogP contribution in [0.3, 0.4) is 0 Å². The molecule has 0 heterocycles. The van der Waals surface area contributed by atoms with E-state index in [4.69, 9.17) is 5.73 Å². The second-order valence-electron chi connectivity index (χ2n) is 5.76. The SMILES string of the molecule is CCC(NC(=O)C[C@@H](CN)CC(C)C)C(C)C. The van der Waals surface area contributed by atoms with E-state index in [9.17, 15) is 4.79 Å². The second kappa shape index (κ2) is 8.51. The van der Waals surface area contributed by atoms with Crippen LogP contribution in [0.4, 0.5) is 0 Å². The molecule has 0 bridgehead atoms. The molecule has 0 aromatic heterocycles. The van der Waals surface area contributed by atoms with Gasteiger partial charge in [0.1, 0.15) is 0 Å². The summed E-state index contributed by atoms with van der Waals surface area (Å²) in [6.07, 6.45) is 2.58. The van der Waals surface area contributed by atoms with Gasteiger partial charge in [-0.15, -0.1) is 0 Å². The number of hydrogen-bond donors (Lipinski definition) is 2. The Morgan fingerprint density at radius 1 is 1.24 bits per heavy atom. The van der Waals surface area contributed by atoms with E-state index in [1.54, 1.807) is 0 Å². The molecule has 0 aromatic rings. The van der Waals surface area contributed by atoms with Crippen LogP contribution in [0.25, 0.3) is 0 Å². The summed E-state index contributed by atoms with van der Waals surface area (Å²) in [7, 11) is 0. The molecule has 0 aliphatic rings. The molecule has 0 rings (SSSR count). The monoisotopic (exact) mass is 242 g/mol. The number of hydrogen-bond acceptors (Lipinski definition) is 2. The number of nitrogens with one attached hydrogen (secondary N) is 1. The first-order valence-corrected chi connectivity index (χ1v) is 6.90. The molecule has 3 heteroatoms. The van der Waals surface area contributed by atoms with Gasteiger partial charge < -0.3 is 11.1 Å². The summed E-state index contributed by atoms with van der Waals surface area (Å²) in [5, 5.41) is 3.11. The van der Waals surface area contributed by atoms with Crippen molar-refractivity contribution >= 4 is 5.91 Å². The van der Waals surface area contributed by atoms with Gasteiger partial charge in [0.25, 0.3) is 0 Å². The second-order valence-corrected chi connectivity index (χ2v) is 5.76. The molecule has 0 saturated heterocycles. The van der Waals surface area contributed by atoms with E-state index >= 15 is 0 Å². The Bertz CT molecular complexity index is 214. The third kappa shape index (κ3) is 7.37. The van der Waals surface area contributed by atoms with Crippen molar-refractivity contribution in [1.82, 2.24) is 5.32 Å². The average Bonchev–Trinajstić information content (AvgIpc) is 2.23. The number of nitrogens with two attached hydrogens (primary N) is 1. The Labute approximate surface area is 107 Å². The molecule has 2 atom stereocenters. The van der Waals surface area contributed by atoms with Crippen molar-refractivity contribution in [3.63, 3.8) is 0 Å². The van der Waals surface area contributed by atoms with E-state index in [-0.39, 0.29) is 5.91 Å². The van der Waals surface area contributed by atoms with Gasteiger partial charge in [0.05, 0.1) is 0 Å². The zero-order valence-corrected chi connectivity index (χ0v) is 12.1. The quantitative estimate of drug-likeness (QED) is 0.687. The van der Waals surface area contributed by atoms with Gasteiger partial charge in [-0.3, -0.25) is 4.79 Å². The zero-order valence-electron chi connectivity index (χ0n) is 12.1. The van der Waals surface area contributed by atoms with E-state index in [0.717, 1.165) is 12.8 Å². The van der Waals surface area contributed by atoms with Crippen LogP contribution in [0.15, 0.2) is 0 Å². The highest BCUT2D eigenvalue weighted by Crippen LogP contribution is 2.15. The van der Waals surface area contributed by atoms with Crippen molar-refractivity contribution < 1.29 is 4.79 Å². The van der Waals surface area contributed by atoms with Crippen molar-refractivity contribution in [3.8, 4) is 0 Å². The first-order valence-electron chi connectivity index (χ1n) is 6.90. The Hall–Kier alpha value is -0.570. The van der Waals surface area contributed by atoms with Gasteiger partial charge in [-0.05, 0) is 37.1 Å². The van der Waals surface area contributed by atoms with Crippen LogP contribution >= 0.6 is 0 Å². The van der Waals surface area contributed by atoms with Gasteiger partial charge in [-0.1, -0.05) is 34.6 Å². The van der Waals surface area contributed by atoms with E-state index in [0.29, 0.717) is 36.8 Å². The van der Waals surface area contributed by atoms with Crippen molar-refractivity contribution in [2.24, 2.45) is 23.5 Å². The summed E-state index contributed by atoms with van der Waals surface area (Å²) in [5.41, 5.74) is 5.71. The predicted octanol–water partition coefficient (Wildman–Crippen LogP) is 2.55. The standard InChI is InChI=1S/C14H30N2O/c1-6-13(11(4)5)16-14(17)8-12(9-15)7-10(2)3/h10-13H,6-9,15H2,1-5H3,(H,16,17)/t12-,13?/m0/s1. The van der Waals surface area contributed by atoms with Crippen molar-refractivity contribution in [3.05, 3.63) is 0 Å². The van der Waals surface area contributed by atoms with E-state index in [1.807, 2.05) is 0 Å². The Balaban J connectivity index is 4.13. The molecule has 102 valence electrons. The number of rotatable bonds is 8. The summed E-state index contributed by atoms with van der Waals surface area (Å²) in [5.74, 6) is 1.56. The third-order valence-corrected chi connectivity index (χ3v) is 3.20. The van der Waals surface area contributed by atoms with Gasteiger partial charge in [-0.2, -0.15) is 0 Å². The fourth-order valence-corrected chi connectivity index (χ4v) is 2.20. The number of amides is 1. The van der Waals surface area contributed by atoms with E-state index < -0.39 is 0 Å². The summed E-state index contributed by atoms with van der Waals surface area (Å²) in [6.45, 7) is 11.3. The molecule has 0 radical (unpaired) electrons. The highest BCUT2D eigenvalue weighted by atomic mass is 16.1. The minimum absolute atomic E-state index is 0.154. The minimum Gasteiger partial charge on any atom is -0.353 e. The van der Waals surface area contributed by atoms with Crippen molar-refractivity contribution in [2.45, 2.75) is 59.9 Å². The fourth-order valence-electron chi connectivity index (χ4n) is 2.20. The Kier molecular flexibility index (Phi) is 8.23. The Morgan fingerprint density at radius 3 is 2.18 bits per heavy atom. The van der Waals surface area contributed by atoms with Crippen LogP contribution in [-0.4, -0.2) is 18.5 Å². The molecule has 0 aliphatic carbocycles. The summed E-state index contributed by atoms with van der Waals surface area (Å²) in [6, 6.07) is 0.292. The molecule has 3 N–H and O–H groups in total. The molecule has 0 spiro atoms.